The van der Waals surface area contributed by atoms with E-state index in [4.69, 9.17) is 34.2 Å². The largest absolute Gasteiger partial charge is 0.493 e. The number of ether oxygens (including phenoxy) is 7. The molecule has 0 fully saturated rings. The molecule has 1 amide bonds. The van der Waals surface area contributed by atoms with Crippen molar-refractivity contribution in [1.29, 1.82) is 5.26 Å². The number of para-hydroxylation sites is 1. The maximum absolute atomic E-state index is 14.3. The quantitative estimate of drug-likeness (QED) is 0.0778. The first-order valence-corrected chi connectivity index (χ1v) is 17.9. The van der Waals surface area contributed by atoms with Crippen LogP contribution in [0.1, 0.15) is 5.56 Å². The van der Waals surface area contributed by atoms with Gasteiger partial charge >= 0.3 is 6.09 Å². The van der Waals surface area contributed by atoms with Crippen molar-refractivity contribution in [3.05, 3.63) is 108 Å². The van der Waals surface area contributed by atoms with E-state index in [0.29, 0.717) is 89.2 Å². The summed E-state index contributed by atoms with van der Waals surface area (Å²) in [5.74, 6) is 2.20. The zero-order valence-corrected chi connectivity index (χ0v) is 31.5. The summed E-state index contributed by atoms with van der Waals surface area (Å²) >= 11 is 0. The number of nitrogens with two attached hydrogens (primary N) is 1. The highest BCUT2D eigenvalue weighted by Crippen LogP contribution is 2.36. The van der Waals surface area contributed by atoms with Crippen molar-refractivity contribution >= 4 is 52.4 Å². The number of fused-ring (bicyclic) bond motifs is 2. The lowest BCUT2D eigenvalue weighted by Crippen LogP contribution is -2.16. The van der Waals surface area contributed by atoms with Crippen molar-refractivity contribution in [1.82, 2.24) is 19.9 Å². The maximum atomic E-state index is 14.3. The Balaban J connectivity index is 0.000000182. The van der Waals surface area contributed by atoms with Crippen molar-refractivity contribution in [3.8, 4) is 40.6 Å². The number of nitriles is 1. The number of benzene rings is 4. The highest BCUT2D eigenvalue weighted by Gasteiger charge is 2.17. The van der Waals surface area contributed by atoms with E-state index < -0.39 is 17.7 Å². The Labute approximate surface area is 340 Å². The van der Waals surface area contributed by atoms with Crippen LogP contribution in [0.25, 0.3) is 0 Å². The number of aromatic nitrogens is 4. The molecule has 0 bridgehead atoms. The summed E-state index contributed by atoms with van der Waals surface area (Å²) in [4.78, 5) is 26.9. The molecule has 0 saturated carbocycles. The van der Waals surface area contributed by atoms with Crippen LogP contribution in [-0.2, 0) is 4.74 Å². The van der Waals surface area contributed by atoms with Gasteiger partial charge in [-0.2, -0.15) is 15.2 Å². The van der Waals surface area contributed by atoms with Crippen LogP contribution >= 0.6 is 0 Å². The Hall–Kier alpha value is -8.34. The monoisotopic (exact) mass is 820 g/mol. The lowest BCUT2D eigenvalue weighted by molar-refractivity contribution is 0.0658. The van der Waals surface area contributed by atoms with Crippen LogP contribution < -0.4 is 55.4 Å². The molecule has 0 unspecified atom stereocenters. The van der Waals surface area contributed by atoms with Crippen molar-refractivity contribution in [3.63, 3.8) is 0 Å². The first-order chi connectivity index (χ1) is 29.2. The van der Waals surface area contributed by atoms with Gasteiger partial charge in [-0.1, -0.05) is 12.1 Å². The number of methoxy groups -OCH3 is 1. The van der Waals surface area contributed by atoms with Gasteiger partial charge in [0.1, 0.15) is 38.2 Å². The zero-order chi connectivity index (χ0) is 41.8. The van der Waals surface area contributed by atoms with Gasteiger partial charge in [-0.15, -0.1) is 0 Å². The predicted octanol–water partition coefficient (Wildman–Crippen LogP) is 7.06. The van der Waals surface area contributed by atoms with Crippen LogP contribution in [0.15, 0.2) is 91.3 Å². The van der Waals surface area contributed by atoms with E-state index in [1.807, 2.05) is 0 Å². The number of nitrogens with zero attached hydrogens (tertiary/aromatic N) is 5. The van der Waals surface area contributed by atoms with Crippen LogP contribution in [0.2, 0.25) is 0 Å². The number of nitrogens with one attached hydrogen (secondary N) is 4. The molecule has 0 saturated heterocycles. The highest BCUT2D eigenvalue weighted by atomic mass is 19.1. The number of halogens is 2. The number of hydrogen-bond acceptors (Lipinski definition) is 17. The van der Waals surface area contributed by atoms with Crippen LogP contribution in [-0.4, -0.2) is 66.4 Å². The van der Waals surface area contributed by atoms with Gasteiger partial charge in [0.05, 0.1) is 30.8 Å². The number of carbonyl (C=O) groups is 1. The molecule has 6 N–H and O–H groups in total. The molecule has 2 aliphatic rings. The van der Waals surface area contributed by atoms with Gasteiger partial charge in [0.15, 0.2) is 52.0 Å². The summed E-state index contributed by atoms with van der Waals surface area (Å²) in [6.07, 6.45) is 1.17. The van der Waals surface area contributed by atoms with Crippen molar-refractivity contribution in [2.24, 2.45) is 5.73 Å². The van der Waals surface area contributed by atoms with Crippen molar-refractivity contribution < 1.29 is 46.7 Å². The number of anilines is 8. The predicted molar refractivity (Wildman–Crippen MR) is 212 cm³/mol. The number of amides is 1. The summed E-state index contributed by atoms with van der Waals surface area (Å²) in [6.45, 7) is 1.56. The Morgan fingerprint density at radius 3 is 1.85 bits per heavy atom. The third-order valence-electron chi connectivity index (χ3n) is 8.20. The van der Waals surface area contributed by atoms with Gasteiger partial charge in [0.25, 0.3) is 0 Å². The van der Waals surface area contributed by atoms with Crippen LogP contribution in [0.4, 0.5) is 59.9 Å². The molecule has 20 heteroatoms. The Morgan fingerprint density at radius 1 is 0.733 bits per heavy atom. The Kier molecular flexibility index (Phi) is 12.5. The molecule has 0 radical (unpaired) electrons. The lowest BCUT2D eigenvalue weighted by Gasteiger charge is -2.19. The topological polar surface area (TPSA) is 231 Å². The minimum Gasteiger partial charge on any atom is -0.493 e. The first kappa shape index (κ1) is 39.9. The van der Waals surface area contributed by atoms with Gasteiger partial charge in [0, 0.05) is 35.3 Å². The number of primary amides is 1. The van der Waals surface area contributed by atoms with Crippen molar-refractivity contribution in [2.45, 2.75) is 0 Å². The molecular weight excluding hydrogens is 786 g/mol. The van der Waals surface area contributed by atoms with E-state index in [1.54, 1.807) is 78.9 Å². The lowest BCUT2D eigenvalue weighted by atomic mass is 10.2. The van der Waals surface area contributed by atoms with Crippen LogP contribution in [0, 0.1) is 23.0 Å². The minimum absolute atomic E-state index is 0.0172. The second-order valence-electron chi connectivity index (χ2n) is 12.2. The fraction of sp³-hybridized carbons (Fsp3) is 0.150. The van der Waals surface area contributed by atoms with Gasteiger partial charge in [0.2, 0.25) is 18.7 Å². The Morgan fingerprint density at radius 2 is 1.28 bits per heavy atom. The van der Waals surface area contributed by atoms with Gasteiger partial charge in [-0.3, -0.25) is 0 Å². The van der Waals surface area contributed by atoms with E-state index in [9.17, 15) is 18.8 Å². The minimum atomic E-state index is -0.938. The summed E-state index contributed by atoms with van der Waals surface area (Å²) in [6, 6.07) is 24.2. The molecule has 2 aliphatic heterocycles. The van der Waals surface area contributed by atoms with E-state index >= 15 is 0 Å². The summed E-state index contributed by atoms with van der Waals surface area (Å²) in [5.41, 5.74) is 7.47. The molecule has 18 nitrogen and oxygen atoms in total. The molecule has 8 rings (SSSR count). The van der Waals surface area contributed by atoms with Gasteiger partial charge < -0.3 is 60.2 Å². The molecule has 0 atom stereocenters. The molecule has 4 aromatic carbocycles. The summed E-state index contributed by atoms with van der Waals surface area (Å²) in [5, 5.41) is 20.9. The van der Waals surface area contributed by atoms with Crippen LogP contribution in [0.5, 0.6) is 34.5 Å². The third kappa shape index (κ3) is 10.1. The molecule has 60 heavy (non-hydrogen) atoms. The second kappa shape index (κ2) is 18.7. The van der Waals surface area contributed by atoms with Crippen molar-refractivity contribution in [2.75, 3.05) is 61.6 Å². The molecule has 2 aromatic heterocycles. The fourth-order valence-electron chi connectivity index (χ4n) is 5.56. The standard InChI is InChI=1S/C20H18FN5O5.C20H16FN5O3/c21-15-10-23-20(25-12-2-1-3-14(8-12)30-11-31-19(22)27)26-18(15)24-13-4-5-16-17(9-13)29-7-6-28-16;1-27-18-12(10-22)3-2-4-15(18)25-20-23-11-14(21)19(26-20)24-13-5-6-16-17(9-13)29-8-7-28-16/h1-5,8-10H,6-7,11H2,(H2,22,27)(H2,23,24,25,26);2-6,9,11H,7-8H2,1H3,(H2,23,24,25,26). The maximum Gasteiger partial charge on any atom is 0.407 e. The third-order valence-corrected chi connectivity index (χ3v) is 8.20. The summed E-state index contributed by atoms with van der Waals surface area (Å²) in [7, 11) is 1.46. The van der Waals surface area contributed by atoms with E-state index in [0.717, 1.165) is 12.4 Å². The second-order valence-corrected chi connectivity index (χ2v) is 12.2. The highest BCUT2D eigenvalue weighted by molar-refractivity contribution is 5.69. The molecular formula is C40H34F2N10O8. The number of rotatable bonds is 12. The molecule has 0 aliphatic carbocycles. The first-order valence-electron chi connectivity index (χ1n) is 17.9. The Bertz CT molecular complexity index is 2540. The SMILES string of the molecule is COc1c(C#N)cccc1Nc1ncc(F)c(Nc2ccc3c(c2)OCCO3)n1.NC(=O)OCOc1cccc(Nc2ncc(F)c(Nc3ccc4c(c3)OCCO4)n2)c1. The van der Waals surface area contributed by atoms with E-state index in [1.165, 1.54) is 7.11 Å². The van der Waals surface area contributed by atoms with Gasteiger partial charge in [-0.25, -0.2) is 23.5 Å². The summed E-state index contributed by atoms with van der Waals surface area (Å²) < 4.78 is 65.6. The smallest absolute Gasteiger partial charge is 0.407 e. The zero-order valence-electron chi connectivity index (χ0n) is 31.5. The fourth-order valence-corrected chi connectivity index (χ4v) is 5.56. The molecule has 6 aromatic rings. The van der Waals surface area contributed by atoms with Gasteiger partial charge in [-0.05, 0) is 48.5 Å². The normalized spacial score (nSPS) is 12.0. The van der Waals surface area contributed by atoms with E-state index in [-0.39, 0.29) is 30.3 Å². The molecule has 4 heterocycles. The average Bonchev–Trinajstić information content (AvgIpc) is 3.26. The average molecular weight is 821 g/mol. The number of carbonyl (C=O) groups excluding carboxylic acids is 1. The van der Waals surface area contributed by atoms with E-state index in [2.05, 4.69) is 52.0 Å². The molecule has 0 spiro atoms. The molecule has 306 valence electrons. The van der Waals surface area contributed by atoms with Crippen LogP contribution in [0.3, 0.4) is 0 Å². The number of hydrogen-bond donors (Lipinski definition) is 5.